The fourth-order valence-electron chi connectivity index (χ4n) is 3.11. The van der Waals surface area contributed by atoms with Gasteiger partial charge in [-0.2, -0.15) is 4.98 Å². The molecule has 132 valence electrons. The number of anilines is 1. The van der Waals surface area contributed by atoms with Crippen LogP contribution in [0.25, 0.3) is 0 Å². The van der Waals surface area contributed by atoms with E-state index in [0.717, 1.165) is 11.3 Å². The average molecular weight is 359 g/mol. The predicted molar refractivity (Wildman–Crippen MR) is 98.6 cm³/mol. The zero-order valence-corrected chi connectivity index (χ0v) is 15.4. The first-order chi connectivity index (χ1) is 12.1. The SMILES string of the molecule is CCOc1ccccc1[C@@H]1CC(=O)Nc2c1c(=O)nc(SCC)n2C. The number of para-hydroxylation sites is 1. The van der Waals surface area contributed by atoms with Crippen LogP contribution in [0.2, 0.25) is 0 Å². The number of carbonyl (C=O) groups excluding carboxylic acids is 1. The van der Waals surface area contributed by atoms with Crippen molar-refractivity contribution in [1.82, 2.24) is 9.55 Å². The lowest BCUT2D eigenvalue weighted by Crippen LogP contribution is -2.33. The Morgan fingerprint density at radius 2 is 2.08 bits per heavy atom. The van der Waals surface area contributed by atoms with Crippen LogP contribution in [0, 0.1) is 0 Å². The molecule has 7 heteroatoms. The fraction of sp³-hybridized carbons (Fsp3) is 0.389. The van der Waals surface area contributed by atoms with Crippen LogP contribution in [-0.4, -0.2) is 27.8 Å². The van der Waals surface area contributed by atoms with E-state index >= 15 is 0 Å². The highest BCUT2D eigenvalue weighted by Gasteiger charge is 2.33. The third-order valence-electron chi connectivity index (χ3n) is 4.17. The van der Waals surface area contributed by atoms with Crippen molar-refractivity contribution in [2.24, 2.45) is 7.05 Å². The number of amides is 1. The number of carbonyl (C=O) groups is 1. The highest BCUT2D eigenvalue weighted by atomic mass is 32.2. The van der Waals surface area contributed by atoms with Gasteiger partial charge in [0, 0.05) is 24.9 Å². The molecule has 6 nitrogen and oxygen atoms in total. The van der Waals surface area contributed by atoms with E-state index < -0.39 is 0 Å². The summed E-state index contributed by atoms with van der Waals surface area (Å²) in [6.45, 7) is 4.42. The van der Waals surface area contributed by atoms with Gasteiger partial charge in [0.1, 0.15) is 11.6 Å². The highest BCUT2D eigenvalue weighted by molar-refractivity contribution is 7.99. The van der Waals surface area contributed by atoms with E-state index in [1.54, 1.807) is 4.57 Å². The average Bonchev–Trinajstić information content (AvgIpc) is 2.59. The van der Waals surface area contributed by atoms with Gasteiger partial charge in [0.15, 0.2) is 5.16 Å². The lowest BCUT2D eigenvalue weighted by atomic mass is 9.86. The molecule has 0 aliphatic carbocycles. The highest BCUT2D eigenvalue weighted by Crippen LogP contribution is 2.39. The molecular weight excluding hydrogens is 338 g/mol. The van der Waals surface area contributed by atoms with Crippen LogP contribution in [0.15, 0.2) is 34.2 Å². The Morgan fingerprint density at radius 1 is 1.32 bits per heavy atom. The van der Waals surface area contributed by atoms with Crippen molar-refractivity contribution in [2.75, 3.05) is 17.7 Å². The van der Waals surface area contributed by atoms with Gasteiger partial charge in [-0.1, -0.05) is 36.9 Å². The summed E-state index contributed by atoms with van der Waals surface area (Å²) in [7, 11) is 1.82. The Kier molecular flexibility index (Phi) is 5.13. The summed E-state index contributed by atoms with van der Waals surface area (Å²) in [4.78, 5) is 29.3. The second-order valence-electron chi connectivity index (χ2n) is 5.73. The Bertz CT molecular complexity index is 863. The number of nitrogens with one attached hydrogen (secondary N) is 1. The van der Waals surface area contributed by atoms with Crippen molar-refractivity contribution in [2.45, 2.75) is 31.3 Å². The first-order valence-corrected chi connectivity index (χ1v) is 9.30. The molecule has 0 radical (unpaired) electrons. The monoisotopic (exact) mass is 359 g/mol. The molecule has 1 amide bonds. The summed E-state index contributed by atoms with van der Waals surface area (Å²) in [6.07, 6.45) is 0.203. The van der Waals surface area contributed by atoms with Crippen LogP contribution in [0.1, 0.15) is 37.3 Å². The van der Waals surface area contributed by atoms with Gasteiger partial charge in [0.05, 0.1) is 12.2 Å². The number of rotatable bonds is 5. The fourth-order valence-corrected chi connectivity index (χ4v) is 3.81. The maximum Gasteiger partial charge on any atom is 0.279 e. The molecule has 0 bridgehead atoms. The minimum absolute atomic E-state index is 0.113. The maximum atomic E-state index is 12.7. The number of ether oxygens (including phenoxy) is 1. The maximum absolute atomic E-state index is 12.7. The minimum atomic E-state index is -0.363. The topological polar surface area (TPSA) is 73.2 Å². The van der Waals surface area contributed by atoms with Crippen LogP contribution in [-0.2, 0) is 11.8 Å². The Balaban J connectivity index is 2.19. The van der Waals surface area contributed by atoms with Gasteiger partial charge in [0.2, 0.25) is 5.91 Å². The minimum Gasteiger partial charge on any atom is -0.494 e. The molecular formula is C18H21N3O3S. The Morgan fingerprint density at radius 3 is 2.80 bits per heavy atom. The second-order valence-corrected chi connectivity index (χ2v) is 6.96. The summed E-state index contributed by atoms with van der Waals surface area (Å²) in [6, 6.07) is 7.55. The summed E-state index contributed by atoms with van der Waals surface area (Å²) >= 11 is 1.47. The van der Waals surface area contributed by atoms with Gasteiger partial charge in [-0.3, -0.25) is 9.59 Å². The molecule has 1 aliphatic heterocycles. The molecule has 2 aromatic rings. The molecule has 1 aromatic heterocycles. The third-order valence-corrected chi connectivity index (χ3v) is 5.08. The molecule has 1 aromatic carbocycles. The number of hydrogen-bond donors (Lipinski definition) is 1. The smallest absolute Gasteiger partial charge is 0.279 e. The molecule has 2 heterocycles. The molecule has 1 N–H and O–H groups in total. The van der Waals surface area contributed by atoms with Crippen molar-refractivity contribution < 1.29 is 9.53 Å². The molecule has 1 atom stereocenters. The standard InChI is InChI=1S/C18H21N3O3S/c1-4-24-13-9-7-6-8-11(13)12-10-14(22)19-16-15(12)17(23)20-18(21(16)3)25-5-2/h6-9,12H,4-5,10H2,1-3H3,(H,19,22)/t12-/m0/s1. The lowest BCUT2D eigenvalue weighted by Gasteiger charge is -2.28. The first-order valence-electron chi connectivity index (χ1n) is 8.32. The zero-order valence-electron chi connectivity index (χ0n) is 14.5. The van der Waals surface area contributed by atoms with E-state index in [1.807, 2.05) is 45.2 Å². The molecule has 0 spiro atoms. The quantitative estimate of drug-likeness (QED) is 0.656. The summed E-state index contributed by atoms with van der Waals surface area (Å²) in [5.41, 5.74) is 1.07. The van der Waals surface area contributed by atoms with Crippen molar-refractivity contribution in [3.8, 4) is 5.75 Å². The van der Waals surface area contributed by atoms with Crippen molar-refractivity contribution >= 4 is 23.5 Å². The molecule has 0 saturated heterocycles. The van der Waals surface area contributed by atoms with Crippen LogP contribution >= 0.6 is 11.8 Å². The molecule has 3 rings (SSSR count). The van der Waals surface area contributed by atoms with Crippen LogP contribution in [0.3, 0.4) is 0 Å². The first kappa shape index (κ1) is 17.5. The van der Waals surface area contributed by atoms with Gasteiger partial charge < -0.3 is 14.6 Å². The van der Waals surface area contributed by atoms with Crippen molar-refractivity contribution in [1.29, 1.82) is 0 Å². The number of aromatic nitrogens is 2. The van der Waals surface area contributed by atoms with Crippen LogP contribution in [0.5, 0.6) is 5.75 Å². The van der Waals surface area contributed by atoms with Gasteiger partial charge in [-0.25, -0.2) is 0 Å². The van der Waals surface area contributed by atoms with E-state index in [9.17, 15) is 9.59 Å². The van der Waals surface area contributed by atoms with E-state index in [0.29, 0.717) is 28.9 Å². The molecule has 0 unspecified atom stereocenters. The molecule has 0 saturated carbocycles. The Hall–Kier alpha value is -2.28. The third kappa shape index (κ3) is 3.28. The van der Waals surface area contributed by atoms with Crippen LogP contribution < -0.4 is 15.6 Å². The van der Waals surface area contributed by atoms with E-state index in [-0.39, 0.29) is 23.8 Å². The molecule has 0 fully saturated rings. The summed E-state index contributed by atoms with van der Waals surface area (Å²) < 4.78 is 7.50. The summed E-state index contributed by atoms with van der Waals surface area (Å²) in [5.74, 6) is 1.55. The van der Waals surface area contributed by atoms with Gasteiger partial charge in [-0.05, 0) is 18.7 Å². The lowest BCUT2D eigenvalue weighted by molar-refractivity contribution is -0.116. The second kappa shape index (κ2) is 7.31. The van der Waals surface area contributed by atoms with Gasteiger partial charge in [0.25, 0.3) is 5.56 Å². The van der Waals surface area contributed by atoms with Gasteiger partial charge >= 0.3 is 0 Å². The van der Waals surface area contributed by atoms with E-state index in [1.165, 1.54) is 11.8 Å². The van der Waals surface area contributed by atoms with Crippen molar-refractivity contribution in [3.05, 3.63) is 45.7 Å². The largest absolute Gasteiger partial charge is 0.494 e. The number of benzene rings is 1. The normalized spacial score (nSPS) is 16.3. The number of nitrogens with zero attached hydrogens (tertiary/aromatic N) is 2. The van der Waals surface area contributed by atoms with E-state index in [4.69, 9.17) is 4.74 Å². The zero-order chi connectivity index (χ0) is 18.0. The van der Waals surface area contributed by atoms with Crippen LogP contribution in [0.4, 0.5) is 5.82 Å². The molecule has 25 heavy (non-hydrogen) atoms. The van der Waals surface area contributed by atoms with Crippen molar-refractivity contribution in [3.63, 3.8) is 0 Å². The number of thioether (sulfide) groups is 1. The van der Waals surface area contributed by atoms with Gasteiger partial charge in [-0.15, -0.1) is 0 Å². The summed E-state index contributed by atoms with van der Waals surface area (Å²) in [5, 5.41) is 3.45. The Labute approximate surface area is 150 Å². The predicted octanol–water partition coefficient (Wildman–Crippen LogP) is 2.77. The number of hydrogen-bond acceptors (Lipinski definition) is 5. The molecule has 1 aliphatic rings. The van der Waals surface area contributed by atoms with E-state index in [2.05, 4.69) is 10.3 Å². The number of fused-ring (bicyclic) bond motifs is 1.